The van der Waals surface area contributed by atoms with Gasteiger partial charge in [-0.3, -0.25) is 4.90 Å². The standard InChI is InChI=1S/C20H22ClF3N2O/c1-27-18-8-7-16(21)13-17(18)19(26-11-2-9-25-10-12-26)14-3-5-15(6-4-14)20(22,23)24/h3-8,13,19,25H,2,9-12H2,1H3. The molecule has 1 aliphatic rings. The molecule has 2 aromatic carbocycles. The molecule has 0 amide bonds. The number of alkyl halides is 3. The summed E-state index contributed by atoms with van der Waals surface area (Å²) in [6.45, 7) is 3.35. The number of methoxy groups -OCH3 is 1. The molecule has 0 spiro atoms. The highest BCUT2D eigenvalue weighted by molar-refractivity contribution is 6.30. The molecular weight excluding hydrogens is 377 g/mol. The lowest BCUT2D eigenvalue weighted by molar-refractivity contribution is -0.137. The van der Waals surface area contributed by atoms with Crippen molar-refractivity contribution in [2.24, 2.45) is 0 Å². The predicted molar refractivity (Wildman–Crippen MR) is 100 cm³/mol. The summed E-state index contributed by atoms with van der Waals surface area (Å²) in [5, 5.41) is 3.92. The summed E-state index contributed by atoms with van der Waals surface area (Å²) >= 11 is 6.23. The molecule has 1 heterocycles. The molecule has 27 heavy (non-hydrogen) atoms. The average Bonchev–Trinajstić information content (AvgIpc) is 2.91. The topological polar surface area (TPSA) is 24.5 Å². The van der Waals surface area contributed by atoms with Crippen molar-refractivity contribution in [3.8, 4) is 5.75 Å². The van der Waals surface area contributed by atoms with E-state index in [2.05, 4.69) is 10.2 Å². The number of ether oxygens (including phenoxy) is 1. The Balaban J connectivity index is 2.06. The molecule has 1 fully saturated rings. The Morgan fingerprint density at radius 2 is 1.81 bits per heavy atom. The van der Waals surface area contributed by atoms with E-state index in [-0.39, 0.29) is 6.04 Å². The number of hydrogen-bond donors (Lipinski definition) is 1. The highest BCUT2D eigenvalue weighted by Gasteiger charge is 2.31. The lowest BCUT2D eigenvalue weighted by atomic mass is 9.95. The molecule has 3 rings (SSSR count). The van der Waals surface area contributed by atoms with Gasteiger partial charge in [-0.15, -0.1) is 0 Å². The van der Waals surface area contributed by atoms with E-state index in [9.17, 15) is 13.2 Å². The Hall–Kier alpha value is -1.76. The Bertz CT molecular complexity index is 757. The lowest BCUT2D eigenvalue weighted by Gasteiger charge is -2.32. The maximum Gasteiger partial charge on any atom is 0.416 e. The molecular formula is C20H22ClF3N2O. The zero-order chi connectivity index (χ0) is 19.4. The van der Waals surface area contributed by atoms with Crippen LogP contribution in [0, 0.1) is 0 Å². The van der Waals surface area contributed by atoms with E-state index in [1.54, 1.807) is 31.4 Å². The molecule has 0 saturated carbocycles. The Morgan fingerprint density at radius 3 is 2.48 bits per heavy atom. The summed E-state index contributed by atoms with van der Waals surface area (Å²) < 4.78 is 44.4. The first-order chi connectivity index (χ1) is 12.9. The van der Waals surface area contributed by atoms with E-state index in [1.165, 1.54) is 0 Å². The minimum Gasteiger partial charge on any atom is -0.496 e. The van der Waals surface area contributed by atoms with Crippen LogP contribution in [0.1, 0.15) is 29.2 Å². The molecule has 0 radical (unpaired) electrons. The van der Waals surface area contributed by atoms with Crippen LogP contribution < -0.4 is 10.1 Å². The van der Waals surface area contributed by atoms with E-state index in [1.807, 2.05) is 6.07 Å². The van der Waals surface area contributed by atoms with Crippen molar-refractivity contribution in [2.45, 2.75) is 18.6 Å². The Labute approximate surface area is 162 Å². The predicted octanol–water partition coefficient (Wildman–Crippen LogP) is 4.75. The van der Waals surface area contributed by atoms with Crippen LogP contribution in [0.4, 0.5) is 13.2 Å². The molecule has 3 nitrogen and oxygen atoms in total. The lowest BCUT2D eigenvalue weighted by Crippen LogP contribution is -2.33. The van der Waals surface area contributed by atoms with Crippen molar-refractivity contribution < 1.29 is 17.9 Å². The minimum absolute atomic E-state index is 0.235. The van der Waals surface area contributed by atoms with Gasteiger partial charge in [0.15, 0.2) is 0 Å². The van der Waals surface area contributed by atoms with Gasteiger partial charge in [0.05, 0.1) is 18.7 Å². The van der Waals surface area contributed by atoms with Crippen molar-refractivity contribution in [3.63, 3.8) is 0 Å². The van der Waals surface area contributed by atoms with Crippen molar-refractivity contribution >= 4 is 11.6 Å². The van der Waals surface area contributed by atoms with Crippen molar-refractivity contribution in [1.29, 1.82) is 0 Å². The molecule has 1 atom stereocenters. The zero-order valence-corrected chi connectivity index (χ0v) is 15.8. The number of hydrogen-bond acceptors (Lipinski definition) is 3. The molecule has 0 aromatic heterocycles. The van der Waals surface area contributed by atoms with Crippen LogP contribution >= 0.6 is 11.6 Å². The van der Waals surface area contributed by atoms with Gasteiger partial charge in [-0.1, -0.05) is 23.7 Å². The summed E-state index contributed by atoms with van der Waals surface area (Å²) in [6.07, 6.45) is -3.39. The number of nitrogens with zero attached hydrogens (tertiary/aromatic N) is 1. The highest BCUT2D eigenvalue weighted by atomic mass is 35.5. The molecule has 1 unspecified atom stereocenters. The van der Waals surface area contributed by atoms with Crippen LogP contribution in [-0.2, 0) is 6.18 Å². The van der Waals surface area contributed by atoms with E-state index in [0.29, 0.717) is 10.8 Å². The van der Waals surface area contributed by atoms with E-state index < -0.39 is 11.7 Å². The van der Waals surface area contributed by atoms with Gasteiger partial charge in [0.25, 0.3) is 0 Å². The van der Waals surface area contributed by atoms with Crippen LogP contribution in [0.5, 0.6) is 5.75 Å². The number of halogens is 4. The summed E-state index contributed by atoms with van der Waals surface area (Å²) in [7, 11) is 1.58. The smallest absolute Gasteiger partial charge is 0.416 e. The van der Waals surface area contributed by atoms with Crippen LogP contribution in [-0.4, -0.2) is 38.2 Å². The highest BCUT2D eigenvalue weighted by Crippen LogP contribution is 2.38. The second-order valence-corrected chi connectivity index (χ2v) is 6.98. The largest absolute Gasteiger partial charge is 0.496 e. The fraction of sp³-hybridized carbons (Fsp3) is 0.400. The first-order valence-corrected chi connectivity index (χ1v) is 9.23. The molecule has 2 aromatic rings. The third-order valence-electron chi connectivity index (χ3n) is 4.78. The normalized spacial score (nSPS) is 17.4. The summed E-state index contributed by atoms with van der Waals surface area (Å²) in [6, 6.07) is 10.5. The first-order valence-electron chi connectivity index (χ1n) is 8.85. The molecule has 0 aliphatic carbocycles. The SMILES string of the molecule is COc1ccc(Cl)cc1C(c1ccc(C(F)(F)F)cc1)N1CCCNCC1. The second kappa shape index (κ2) is 8.50. The molecule has 0 bridgehead atoms. The van der Waals surface area contributed by atoms with Crippen LogP contribution in [0.3, 0.4) is 0 Å². The Kier molecular flexibility index (Phi) is 6.29. The van der Waals surface area contributed by atoms with E-state index in [0.717, 1.165) is 55.9 Å². The molecule has 7 heteroatoms. The van der Waals surface area contributed by atoms with E-state index in [4.69, 9.17) is 16.3 Å². The molecule has 1 aliphatic heterocycles. The molecule has 146 valence electrons. The minimum atomic E-state index is -4.35. The maximum atomic E-state index is 13.0. The third kappa shape index (κ3) is 4.75. The Morgan fingerprint density at radius 1 is 1.07 bits per heavy atom. The summed E-state index contributed by atoms with van der Waals surface area (Å²) in [4.78, 5) is 2.26. The van der Waals surface area contributed by atoms with Crippen molar-refractivity contribution in [1.82, 2.24) is 10.2 Å². The molecule has 1 N–H and O–H groups in total. The number of rotatable bonds is 4. The molecule has 1 saturated heterocycles. The monoisotopic (exact) mass is 398 g/mol. The van der Waals surface area contributed by atoms with Crippen molar-refractivity contribution in [3.05, 3.63) is 64.2 Å². The van der Waals surface area contributed by atoms with Gasteiger partial charge in [-0.25, -0.2) is 0 Å². The van der Waals surface area contributed by atoms with E-state index >= 15 is 0 Å². The number of nitrogens with one attached hydrogen (secondary N) is 1. The van der Waals surface area contributed by atoms with Gasteiger partial charge in [0.1, 0.15) is 5.75 Å². The van der Waals surface area contributed by atoms with Crippen LogP contribution in [0.15, 0.2) is 42.5 Å². The quantitative estimate of drug-likeness (QED) is 0.804. The summed E-state index contributed by atoms with van der Waals surface area (Å²) in [5.74, 6) is 0.668. The van der Waals surface area contributed by atoms with Gasteiger partial charge in [0, 0.05) is 30.2 Å². The zero-order valence-electron chi connectivity index (χ0n) is 15.0. The van der Waals surface area contributed by atoms with Crippen LogP contribution in [0.25, 0.3) is 0 Å². The fourth-order valence-corrected chi connectivity index (χ4v) is 3.67. The average molecular weight is 399 g/mol. The second-order valence-electron chi connectivity index (χ2n) is 6.55. The first kappa shape index (κ1) is 20.0. The van der Waals surface area contributed by atoms with Crippen LogP contribution in [0.2, 0.25) is 5.02 Å². The van der Waals surface area contributed by atoms with Gasteiger partial charge in [0.2, 0.25) is 0 Å². The maximum absolute atomic E-state index is 13.0. The number of benzene rings is 2. The third-order valence-corrected chi connectivity index (χ3v) is 5.02. The van der Waals surface area contributed by atoms with Gasteiger partial charge in [-0.05, 0) is 48.9 Å². The van der Waals surface area contributed by atoms with Gasteiger partial charge < -0.3 is 10.1 Å². The van der Waals surface area contributed by atoms with Crippen molar-refractivity contribution in [2.75, 3.05) is 33.3 Å². The van der Waals surface area contributed by atoms with Gasteiger partial charge in [-0.2, -0.15) is 13.2 Å². The fourth-order valence-electron chi connectivity index (χ4n) is 3.49. The summed E-state index contributed by atoms with van der Waals surface area (Å²) in [5.41, 5.74) is 0.984. The van der Waals surface area contributed by atoms with Gasteiger partial charge >= 0.3 is 6.18 Å².